The molecule has 0 spiro atoms. The van der Waals surface area contributed by atoms with E-state index in [0.717, 1.165) is 17.9 Å². The van der Waals surface area contributed by atoms with Crippen LogP contribution in [-0.2, 0) is 6.42 Å². The first kappa shape index (κ1) is 11.2. The van der Waals surface area contributed by atoms with Crippen LogP contribution in [0.15, 0.2) is 29.3 Å². The number of carbonyl (C=O) groups excluding carboxylic acids is 1. The summed E-state index contributed by atoms with van der Waals surface area (Å²) in [6.45, 7) is 2.08. The van der Waals surface area contributed by atoms with E-state index >= 15 is 0 Å². The van der Waals surface area contributed by atoms with Crippen LogP contribution in [-0.4, -0.2) is 23.4 Å². The van der Waals surface area contributed by atoms with Crippen LogP contribution in [0, 0.1) is 0 Å². The van der Waals surface area contributed by atoms with E-state index in [4.69, 9.17) is 0 Å². The molecule has 0 bridgehead atoms. The highest BCUT2D eigenvalue weighted by Gasteiger charge is 2.14. The summed E-state index contributed by atoms with van der Waals surface area (Å²) in [5.41, 5.74) is 1.90. The van der Waals surface area contributed by atoms with Gasteiger partial charge in [0.05, 0.1) is 5.88 Å². The molecule has 0 fully saturated rings. The Morgan fingerprint density at radius 3 is 3.19 bits per heavy atom. The number of benzene rings is 1. The van der Waals surface area contributed by atoms with Gasteiger partial charge in [0, 0.05) is 11.8 Å². The van der Waals surface area contributed by atoms with Gasteiger partial charge in [0.25, 0.3) is 5.91 Å². The lowest BCUT2D eigenvalue weighted by molar-refractivity contribution is 0.0956. The Morgan fingerprint density at radius 2 is 2.50 bits per heavy atom. The average molecular weight is 234 g/mol. The van der Waals surface area contributed by atoms with Crippen LogP contribution < -0.4 is 5.32 Å². The summed E-state index contributed by atoms with van der Waals surface area (Å²) in [4.78, 5) is 16.0. The quantitative estimate of drug-likeness (QED) is 0.870. The van der Waals surface area contributed by atoms with Crippen molar-refractivity contribution in [1.29, 1.82) is 0 Å². The predicted molar refractivity (Wildman–Crippen MR) is 68.0 cm³/mol. The van der Waals surface area contributed by atoms with E-state index in [2.05, 4.69) is 17.2 Å². The molecule has 0 aromatic heterocycles. The zero-order chi connectivity index (χ0) is 11.4. The molecule has 1 amide bonds. The van der Waals surface area contributed by atoms with E-state index in [0.29, 0.717) is 0 Å². The van der Waals surface area contributed by atoms with Gasteiger partial charge in [0.15, 0.2) is 0 Å². The monoisotopic (exact) mass is 234 g/mol. The van der Waals surface area contributed by atoms with E-state index in [1.165, 1.54) is 5.56 Å². The van der Waals surface area contributed by atoms with Crippen molar-refractivity contribution in [3.05, 3.63) is 35.4 Å². The molecule has 1 aromatic rings. The molecule has 1 unspecified atom stereocenters. The molecule has 1 N–H and O–H groups in total. The van der Waals surface area contributed by atoms with Gasteiger partial charge in [-0.3, -0.25) is 9.79 Å². The SMILES string of the molecule is CCc1cccc(C(=O)NC2C=NCS2)c1. The minimum atomic E-state index is -0.0267. The number of nitrogens with one attached hydrogen (secondary N) is 1. The third kappa shape index (κ3) is 2.64. The molecule has 0 saturated heterocycles. The Kier molecular flexibility index (Phi) is 3.62. The van der Waals surface area contributed by atoms with Crippen LogP contribution in [0.2, 0.25) is 0 Å². The number of nitrogens with zero attached hydrogens (tertiary/aromatic N) is 1. The van der Waals surface area contributed by atoms with Crippen molar-refractivity contribution >= 4 is 23.9 Å². The highest BCUT2D eigenvalue weighted by atomic mass is 32.2. The van der Waals surface area contributed by atoms with E-state index in [9.17, 15) is 4.79 Å². The number of thioether (sulfide) groups is 1. The fraction of sp³-hybridized carbons (Fsp3) is 0.333. The van der Waals surface area contributed by atoms with Gasteiger partial charge in [-0.1, -0.05) is 19.1 Å². The molecule has 1 aliphatic heterocycles. The maximum Gasteiger partial charge on any atom is 0.252 e. The number of hydrogen-bond acceptors (Lipinski definition) is 3. The molecule has 2 rings (SSSR count). The molecule has 0 aliphatic carbocycles. The summed E-state index contributed by atoms with van der Waals surface area (Å²) in [6, 6.07) is 7.73. The Labute approximate surface area is 99.3 Å². The number of aryl methyl sites for hydroxylation is 1. The molecule has 1 aromatic carbocycles. The zero-order valence-electron chi connectivity index (χ0n) is 9.14. The second-order valence-electron chi connectivity index (χ2n) is 3.58. The van der Waals surface area contributed by atoms with Crippen molar-refractivity contribution < 1.29 is 4.79 Å². The second kappa shape index (κ2) is 5.16. The Bertz CT molecular complexity index is 417. The van der Waals surface area contributed by atoms with Gasteiger partial charge >= 0.3 is 0 Å². The molecule has 84 valence electrons. The fourth-order valence-corrected chi connectivity index (χ4v) is 2.22. The maximum atomic E-state index is 11.9. The smallest absolute Gasteiger partial charge is 0.252 e. The van der Waals surface area contributed by atoms with E-state index in [1.807, 2.05) is 24.3 Å². The van der Waals surface area contributed by atoms with Gasteiger partial charge in [-0.15, -0.1) is 11.8 Å². The molecule has 1 aliphatic rings. The van der Waals surface area contributed by atoms with Crippen LogP contribution in [0.3, 0.4) is 0 Å². The Hall–Kier alpha value is -1.29. The Balaban J connectivity index is 2.04. The number of rotatable bonds is 3. The molecular formula is C12H14N2OS. The van der Waals surface area contributed by atoms with Gasteiger partial charge in [-0.25, -0.2) is 0 Å². The van der Waals surface area contributed by atoms with Gasteiger partial charge in [-0.05, 0) is 24.1 Å². The molecule has 3 nitrogen and oxygen atoms in total. The number of aliphatic imine (C=N–C) groups is 1. The minimum absolute atomic E-state index is 0.0257. The molecule has 4 heteroatoms. The second-order valence-corrected chi connectivity index (χ2v) is 4.67. The van der Waals surface area contributed by atoms with Crippen LogP contribution in [0.5, 0.6) is 0 Å². The van der Waals surface area contributed by atoms with Crippen molar-refractivity contribution in [3.63, 3.8) is 0 Å². The molecule has 16 heavy (non-hydrogen) atoms. The molecule has 0 radical (unpaired) electrons. The summed E-state index contributed by atoms with van der Waals surface area (Å²) in [7, 11) is 0. The van der Waals surface area contributed by atoms with Crippen LogP contribution in [0.1, 0.15) is 22.8 Å². The predicted octanol–water partition coefficient (Wildman–Crippen LogP) is 2.08. The fourth-order valence-electron chi connectivity index (χ4n) is 1.53. The molecular weight excluding hydrogens is 220 g/mol. The standard InChI is InChI=1S/C12H14N2OS/c1-2-9-4-3-5-10(6-9)12(15)14-11-7-13-8-16-11/h3-7,11H,2,8H2,1H3,(H,14,15). The molecule has 1 heterocycles. The van der Waals surface area contributed by atoms with E-state index in [1.54, 1.807) is 18.0 Å². The van der Waals surface area contributed by atoms with Crippen molar-refractivity contribution in [3.8, 4) is 0 Å². The summed E-state index contributed by atoms with van der Waals surface area (Å²) in [5, 5.41) is 2.95. The van der Waals surface area contributed by atoms with Gasteiger partial charge in [-0.2, -0.15) is 0 Å². The lowest BCUT2D eigenvalue weighted by atomic mass is 10.1. The average Bonchev–Trinajstić information content (AvgIpc) is 2.82. The lowest BCUT2D eigenvalue weighted by Gasteiger charge is -2.09. The molecule has 1 atom stereocenters. The normalized spacial score (nSPS) is 18.7. The third-order valence-corrected chi connectivity index (χ3v) is 3.34. The number of carbonyl (C=O) groups is 1. The van der Waals surface area contributed by atoms with Crippen molar-refractivity contribution in [2.45, 2.75) is 18.7 Å². The summed E-state index contributed by atoms with van der Waals surface area (Å²) in [5.74, 6) is 0.709. The first-order valence-electron chi connectivity index (χ1n) is 5.31. The highest BCUT2D eigenvalue weighted by molar-refractivity contribution is 8.00. The topological polar surface area (TPSA) is 41.5 Å². The van der Waals surface area contributed by atoms with Crippen LogP contribution in [0.4, 0.5) is 0 Å². The number of hydrogen-bond donors (Lipinski definition) is 1. The Morgan fingerprint density at radius 1 is 1.62 bits per heavy atom. The van der Waals surface area contributed by atoms with Crippen molar-refractivity contribution in [1.82, 2.24) is 5.32 Å². The highest BCUT2D eigenvalue weighted by Crippen LogP contribution is 2.13. The first-order valence-corrected chi connectivity index (χ1v) is 6.36. The lowest BCUT2D eigenvalue weighted by Crippen LogP contribution is -2.32. The maximum absolute atomic E-state index is 11.9. The van der Waals surface area contributed by atoms with Gasteiger partial charge in [0.1, 0.15) is 5.37 Å². The minimum Gasteiger partial charge on any atom is -0.335 e. The summed E-state index contributed by atoms with van der Waals surface area (Å²) < 4.78 is 0. The van der Waals surface area contributed by atoms with Gasteiger partial charge in [0.2, 0.25) is 0 Å². The van der Waals surface area contributed by atoms with Crippen molar-refractivity contribution in [2.24, 2.45) is 4.99 Å². The van der Waals surface area contributed by atoms with E-state index in [-0.39, 0.29) is 11.3 Å². The van der Waals surface area contributed by atoms with Gasteiger partial charge < -0.3 is 5.32 Å². The van der Waals surface area contributed by atoms with E-state index < -0.39 is 0 Å². The van der Waals surface area contributed by atoms with Crippen molar-refractivity contribution in [2.75, 3.05) is 5.88 Å². The third-order valence-electron chi connectivity index (χ3n) is 2.44. The molecule has 0 saturated carbocycles. The van der Waals surface area contributed by atoms with Crippen LogP contribution in [0.25, 0.3) is 0 Å². The summed E-state index contributed by atoms with van der Waals surface area (Å²) in [6.07, 6.45) is 2.73. The van der Waals surface area contributed by atoms with Crippen LogP contribution >= 0.6 is 11.8 Å². The number of amides is 1. The zero-order valence-corrected chi connectivity index (χ0v) is 9.96. The first-order chi connectivity index (χ1) is 7.79. The largest absolute Gasteiger partial charge is 0.335 e. The summed E-state index contributed by atoms with van der Waals surface area (Å²) >= 11 is 1.62.